The predicted molar refractivity (Wildman–Crippen MR) is 72.7 cm³/mol. The molecule has 0 heterocycles. The van der Waals surface area contributed by atoms with Crippen molar-refractivity contribution in [1.29, 1.82) is 0 Å². The van der Waals surface area contributed by atoms with Crippen LogP contribution in [-0.2, 0) is 14.6 Å². The fourth-order valence-electron chi connectivity index (χ4n) is 1.36. The van der Waals surface area contributed by atoms with Crippen LogP contribution in [0.1, 0.15) is 13.8 Å². The number of phenols is 1. The summed E-state index contributed by atoms with van der Waals surface area (Å²) in [5.41, 5.74) is 5.70. The van der Waals surface area contributed by atoms with Gasteiger partial charge in [-0.2, -0.15) is 0 Å². The van der Waals surface area contributed by atoms with Gasteiger partial charge in [-0.05, 0) is 24.1 Å². The maximum absolute atomic E-state index is 11.8. The van der Waals surface area contributed by atoms with Crippen molar-refractivity contribution < 1.29 is 18.3 Å². The van der Waals surface area contributed by atoms with Gasteiger partial charge in [0.15, 0.2) is 9.84 Å². The smallest absolute Gasteiger partial charge is 0.241 e. The molecule has 1 rings (SSSR count). The minimum atomic E-state index is -3.41. The molecule has 0 fully saturated rings. The van der Waals surface area contributed by atoms with Crippen LogP contribution < -0.4 is 11.1 Å². The van der Waals surface area contributed by atoms with Crippen molar-refractivity contribution in [3.63, 3.8) is 0 Å². The first-order valence-electron chi connectivity index (χ1n) is 5.72. The summed E-state index contributed by atoms with van der Waals surface area (Å²) in [6.45, 7) is 3.58. The van der Waals surface area contributed by atoms with Crippen LogP contribution in [0.5, 0.6) is 5.75 Å². The highest BCUT2D eigenvalue weighted by molar-refractivity contribution is 7.90. The van der Waals surface area contributed by atoms with Crippen LogP contribution in [0.25, 0.3) is 0 Å². The first-order chi connectivity index (χ1) is 8.62. The Morgan fingerprint density at radius 1 is 1.37 bits per heavy atom. The lowest BCUT2D eigenvalue weighted by Gasteiger charge is -2.16. The molecule has 4 N–H and O–H groups in total. The third-order valence-electron chi connectivity index (χ3n) is 2.68. The Hall–Kier alpha value is -1.60. The molecule has 0 aliphatic rings. The van der Waals surface area contributed by atoms with E-state index in [1.165, 1.54) is 18.2 Å². The van der Waals surface area contributed by atoms with Crippen molar-refractivity contribution in [3.05, 3.63) is 18.2 Å². The molecule has 0 saturated heterocycles. The molecule has 0 bridgehead atoms. The van der Waals surface area contributed by atoms with Gasteiger partial charge in [0.05, 0.1) is 16.6 Å². The van der Waals surface area contributed by atoms with Crippen LogP contribution in [0.15, 0.2) is 23.1 Å². The topological polar surface area (TPSA) is 109 Å². The fourth-order valence-corrected chi connectivity index (χ4v) is 2.01. The minimum Gasteiger partial charge on any atom is -0.506 e. The number of phenolic OH excluding ortho intramolecular Hbond substituents is 1. The van der Waals surface area contributed by atoms with Crippen LogP contribution in [0.4, 0.5) is 5.69 Å². The van der Waals surface area contributed by atoms with E-state index in [9.17, 15) is 18.3 Å². The quantitative estimate of drug-likeness (QED) is 0.706. The van der Waals surface area contributed by atoms with Gasteiger partial charge < -0.3 is 16.2 Å². The first-order valence-corrected chi connectivity index (χ1v) is 7.61. The Labute approximate surface area is 112 Å². The lowest BCUT2D eigenvalue weighted by atomic mass is 10.0. The molecule has 106 valence electrons. The van der Waals surface area contributed by atoms with Gasteiger partial charge in [0, 0.05) is 6.26 Å². The molecule has 6 nitrogen and oxygen atoms in total. The van der Waals surface area contributed by atoms with Gasteiger partial charge in [0.1, 0.15) is 5.75 Å². The number of amides is 1. The van der Waals surface area contributed by atoms with Gasteiger partial charge in [0.2, 0.25) is 5.91 Å². The average molecular weight is 286 g/mol. The monoisotopic (exact) mass is 286 g/mol. The van der Waals surface area contributed by atoms with Gasteiger partial charge in [-0.1, -0.05) is 13.8 Å². The maximum atomic E-state index is 11.8. The summed E-state index contributed by atoms with van der Waals surface area (Å²) in [4.78, 5) is 11.8. The van der Waals surface area contributed by atoms with Gasteiger partial charge >= 0.3 is 0 Å². The van der Waals surface area contributed by atoms with E-state index in [0.717, 1.165) is 6.26 Å². The van der Waals surface area contributed by atoms with Crippen LogP contribution in [0, 0.1) is 5.92 Å². The largest absolute Gasteiger partial charge is 0.506 e. The standard InChI is InChI=1S/C12H18N2O4S/c1-7(2)11(13)12(16)14-9-6-8(19(3,17)18)4-5-10(9)15/h4-7,11,15H,13H2,1-3H3,(H,14,16)/t11-/m1/s1. The number of rotatable bonds is 4. The number of hydrogen-bond acceptors (Lipinski definition) is 5. The molecular formula is C12H18N2O4S. The molecule has 0 saturated carbocycles. The van der Waals surface area contributed by atoms with Crippen molar-refractivity contribution >= 4 is 21.4 Å². The first kappa shape index (κ1) is 15.5. The lowest BCUT2D eigenvalue weighted by molar-refractivity contribution is -0.118. The lowest BCUT2D eigenvalue weighted by Crippen LogP contribution is -2.39. The second-order valence-corrected chi connectivity index (χ2v) is 6.73. The highest BCUT2D eigenvalue weighted by atomic mass is 32.2. The molecular weight excluding hydrogens is 268 g/mol. The molecule has 0 aromatic heterocycles. The summed E-state index contributed by atoms with van der Waals surface area (Å²) >= 11 is 0. The molecule has 0 aliphatic carbocycles. The molecule has 0 unspecified atom stereocenters. The van der Waals surface area contributed by atoms with E-state index in [4.69, 9.17) is 5.73 Å². The Morgan fingerprint density at radius 2 is 1.95 bits per heavy atom. The molecule has 19 heavy (non-hydrogen) atoms. The third kappa shape index (κ3) is 3.93. The van der Waals surface area contributed by atoms with E-state index >= 15 is 0 Å². The van der Waals surface area contributed by atoms with E-state index < -0.39 is 21.8 Å². The van der Waals surface area contributed by atoms with Crippen molar-refractivity contribution in [2.24, 2.45) is 11.7 Å². The molecule has 0 aliphatic heterocycles. The SMILES string of the molecule is CC(C)[C@@H](N)C(=O)Nc1cc(S(C)(=O)=O)ccc1O. The number of nitrogens with two attached hydrogens (primary N) is 1. The fraction of sp³-hybridized carbons (Fsp3) is 0.417. The second kappa shape index (κ2) is 5.58. The number of carbonyl (C=O) groups is 1. The van der Waals surface area contributed by atoms with E-state index in [-0.39, 0.29) is 22.3 Å². The Bertz CT molecular complexity index is 581. The van der Waals surface area contributed by atoms with Crippen molar-refractivity contribution in [3.8, 4) is 5.75 Å². The zero-order valence-corrected chi connectivity index (χ0v) is 11.9. The van der Waals surface area contributed by atoms with Crippen molar-refractivity contribution in [2.75, 3.05) is 11.6 Å². The summed E-state index contributed by atoms with van der Waals surface area (Å²) in [6, 6.07) is 2.95. The van der Waals surface area contributed by atoms with E-state index in [1.54, 1.807) is 13.8 Å². The van der Waals surface area contributed by atoms with Crippen LogP contribution >= 0.6 is 0 Å². The Kier molecular flexibility index (Phi) is 4.54. The number of hydrogen-bond donors (Lipinski definition) is 3. The Morgan fingerprint density at radius 3 is 2.42 bits per heavy atom. The molecule has 1 aromatic carbocycles. The normalized spacial score (nSPS) is 13.3. The zero-order chi connectivity index (χ0) is 14.8. The highest BCUT2D eigenvalue weighted by Gasteiger charge is 2.19. The van der Waals surface area contributed by atoms with E-state index in [0.29, 0.717) is 0 Å². The second-order valence-electron chi connectivity index (χ2n) is 4.71. The number of carbonyl (C=O) groups excluding carboxylic acids is 1. The minimum absolute atomic E-state index is 0.0127. The number of nitrogens with one attached hydrogen (secondary N) is 1. The van der Waals surface area contributed by atoms with Crippen molar-refractivity contribution in [1.82, 2.24) is 0 Å². The predicted octanol–water partition coefficient (Wildman–Crippen LogP) is 0.717. The highest BCUT2D eigenvalue weighted by Crippen LogP contribution is 2.26. The van der Waals surface area contributed by atoms with Gasteiger partial charge in [-0.25, -0.2) is 8.42 Å². The molecule has 1 aromatic rings. The van der Waals surface area contributed by atoms with Gasteiger partial charge in [0.25, 0.3) is 0 Å². The summed E-state index contributed by atoms with van der Waals surface area (Å²) in [7, 11) is -3.41. The summed E-state index contributed by atoms with van der Waals surface area (Å²) < 4.78 is 22.8. The summed E-state index contributed by atoms with van der Waals surface area (Å²) in [6.07, 6.45) is 1.05. The van der Waals surface area contributed by atoms with Crippen LogP contribution in [0.3, 0.4) is 0 Å². The number of sulfone groups is 1. The molecule has 7 heteroatoms. The van der Waals surface area contributed by atoms with Crippen molar-refractivity contribution in [2.45, 2.75) is 24.8 Å². The molecule has 1 amide bonds. The van der Waals surface area contributed by atoms with Crippen LogP contribution in [0.2, 0.25) is 0 Å². The number of aromatic hydroxyl groups is 1. The Balaban J connectivity index is 3.05. The van der Waals surface area contributed by atoms with Gasteiger partial charge in [-0.3, -0.25) is 4.79 Å². The average Bonchev–Trinajstić information content (AvgIpc) is 2.29. The summed E-state index contributed by atoms with van der Waals surface area (Å²) in [5, 5.41) is 12.0. The number of benzene rings is 1. The molecule has 0 spiro atoms. The summed E-state index contributed by atoms with van der Waals surface area (Å²) in [5.74, 6) is -0.757. The van der Waals surface area contributed by atoms with E-state index in [1.807, 2.05) is 0 Å². The zero-order valence-electron chi connectivity index (χ0n) is 11.0. The molecule has 0 radical (unpaired) electrons. The number of anilines is 1. The van der Waals surface area contributed by atoms with Crippen LogP contribution in [-0.4, -0.2) is 31.7 Å². The molecule has 1 atom stereocenters. The van der Waals surface area contributed by atoms with Gasteiger partial charge in [-0.15, -0.1) is 0 Å². The maximum Gasteiger partial charge on any atom is 0.241 e. The third-order valence-corrected chi connectivity index (χ3v) is 3.79. The van der Waals surface area contributed by atoms with E-state index in [2.05, 4.69) is 5.32 Å².